The minimum absolute atomic E-state index is 0.0182. The molecule has 5 atom stereocenters. The summed E-state index contributed by atoms with van der Waals surface area (Å²) in [6.45, 7) is 3.86. The van der Waals surface area contributed by atoms with E-state index in [-0.39, 0.29) is 36.1 Å². The number of thioether (sulfide) groups is 2. The molecule has 2 saturated heterocycles. The maximum Gasteiger partial charge on any atom is 0.313 e. The van der Waals surface area contributed by atoms with Crippen LogP contribution in [0.4, 0.5) is 5.82 Å². The molecular formula is C20H25N9O5S2. The van der Waals surface area contributed by atoms with Crippen LogP contribution in [0.1, 0.15) is 25.5 Å². The lowest BCUT2D eigenvalue weighted by Crippen LogP contribution is -2.74. The molecule has 0 saturated carbocycles. The Hall–Kier alpha value is -3.40. The minimum Gasteiger partial charge on any atom is -0.481 e. The van der Waals surface area contributed by atoms with Crippen molar-refractivity contribution in [3.8, 4) is 0 Å². The molecule has 2 fully saturated rings. The zero-order valence-corrected chi connectivity index (χ0v) is 21.0. The van der Waals surface area contributed by atoms with Crippen molar-refractivity contribution >= 4 is 53.3 Å². The predicted octanol–water partition coefficient (Wildman–Crippen LogP) is -0.0655. The lowest BCUT2D eigenvalue weighted by molar-refractivity contribution is -0.158. The van der Waals surface area contributed by atoms with Crippen molar-refractivity contribution in [1.82, 2.24) is 35.8 Å². The number of tetrazole rings is 1. The molecule has 0 aromatic carbocycles. The van der Waals surface area contributed by atoms with Gasteiger partial charge in [0.2, 0.25) is 11.1 Å². The van der Waals surface area contributed by atoms with E-state index in [4.69, 9.17) is 10.6 Å². The van der Waals surface area contributed by atoms with Crippen molar-refractivity contribution in [3.05, 3.63) is 23.9 Å². The summed E-state index contributed by atoms with van der Waals surface area (Å²) in [4.78, 5) is 48.2. The second-order valence-corrected chi connectivity index (χ2v) is 10.9. The summed E-state index contributed by atoms with van der Waals surface area (Å²) in [5, 5.41) is 29.4. The number of nitrogens with zero attached hydrogens (tertiary/aromatic N) is 6. The Labute approximate surface area is 214 Å². The van der Waals surface area contributed by atoms with Crippen molar-refractivity contribution in [2.75, 3.05) is 24.6 Å². The molecule has 192 valence electrons. The Bertz CT molecular complexity index is 1150. The van der Waals surface area contributed by atoms with Crippen molar-refractivity contribution in [1.29, 1.82) is 0 Å². The van der Waals surface area contributed by atoms with Gasteiger partial charge >= 0.3 is 5.97 Å². The molecule has 2 aliphatic rings. The first kappa shape index (κ1) is 25.7. The van der Waals surface area contributed by atoms with Gasteiger partial charge in [-0.25, -0.2) is 4.98 Å². The molecule has 0 bridgehead atoms. The van der Waals surface area contributed by atoms with Crippen molar-refractivity contribution in [2.45, 2.75) is 41.6 Å². The van der Waals surface area contributed by atoms with Crippen molar-refractivity contribution in [3.63, 3.8) is 0 Å². The summed E-state index contributed by atoms with van der Waals surface area (Å²) in [7, 11) is 0. The van der Waals surface area contributed by atoms with E-state index in [1.807, 2.05) is 13.0 Å². The third-order valence-corrected chi connectivity index (χ3v) is 8.82. The number of carboxylic acid groups (broad SMARTS) is 1. The van der Waals surface area contributed by atoms with Gasteiger partial charge in [0.1, 0.15) is 35.5 Å². The Balaban J connectivity index is 1.28. The number of hydrogen-bond acceptors (Lipinski definition) is 12. The molecule has 2 aromatic rings. The summed E-state index contributed by atoms with van der Waals surface area (Å²) in [5.74, 6) is -1.38. The average molecular weight is 536 g/mol. The predicted molar refractivity (Wildman–Crippen MR) is 131 cm³/mol. The number of carboxylic acids is 1. The van der Waals surface area contributed by atoms with Crippen LogP contribution < -0.4 is 11.1 Å². The van der Waals surface area contributed by atoms with Crippen molar-refractivity contribution in [2.24, 2.45) is 10.6 Å². The van der Waals surface area contributed by atoms with Gasteiger partial charge in [-0.2, -0.15) is 5.21 Å². The van der Waals surface area contributed by atoms with Gasteiger partial charge in [0.25, 0.3) is 5.91 Å². The molecule has 2 amide bonds. The lowest BCUT2D eigenvalue weighted by Gasteiger charge is -2.54. The third kappa shape index (κ3) is 5.23. The fourth-order valence-electron chi connectivity index (χ4n) is 3.88. The van der Waals surface area contributed by atoms with E-state index >= 15 is 0 Å². The highest BCUT2D eigenvalue weighted by molar-refractivity contribution is 8.01. The van der Waals surface area contributed by atoms with Crippen LogP contribution in [0.15, 0.2) is 28.5 Å². The first-order valence-corrected chi connectivity index (χ1v) is 12.9. The highest BCUT2D eigenvalue weighted by Crippen LogP contribution is 2.47. The number of nitrogens with two attached hydrogens (primary N) is 1. The molecule has 2 aliphatic heterocycles. The van der Waals surface area contributed by atoms with Crippen molar-refractivity contribution < 1.29 is 24.3 Å². The average Bonchev–Trinajstić information content (AvgIpc) is 3.37. The topological polar surface area (TPSA) is 202 Å². The summed E-state index contributed by atoms with van der Waals surface area (Å²) in [6.07, 6.45) is 0.966. The van der Waals surface area contributed by atoms with Gasteiger partial charge in [-0.3, -0.25) is 14.4 Å². The van der Waals surface area contributed by atoms with Gasteiger partial charge in [-0.05, 0) is 17.3 Å². The SMILES string of the molecule is CC(CON=CC(=O)NC1C(=O)N2CC(C(=O)O)(C(C)Sc3nn[nH]n3)CS[C@H]12)c1cccc(N)n1. The number of β-lactam (4-membered cyclic amide) rings is 1. The summed E-state index contributed by atoms with van der Waals surface area (Å²) < 4.78 is 0. The maximum atomic E-state index is 12.8. The highest BCUT2D eigenvalue weighted by atomic mass is 32.2. The minimum atomic E-state index is -1.21. The van der Waals surface area contributed by atoms with Gasteiger partial charge in [-0.1, -0.05) is 36.8 Å². The number of amides is 2. The molecule has 0 radical (unpaired) electrons. The van der Waals surface area contributed by atoms with E-state index in [0.717, 1.165) is 11.9 Å². The van der Waals surface area contributed by atoms with E-state index in [1.54, 1.807) is 19.1 Å². The number of aliphatic carboxylic acids is 1. The molecule has 16 heteroatoms. The van der Waals surface area contributed by atoms with Crippen LogP contribution in [-0.4, -0.2) is 95.2 Å². The molecule has 0 spiro atoms. The van der Waals surface area contributed by atoms with Crippen LogP contribution in [0.2, 0.25) is 0 Å². The van der Waals surface area contributed by atoms with Crippen LogP contribution in [-0.2, 0) is 19.2 Å². The molecule has 36 heavy (non-hydrogen) atoms. The first-order chi connectivity index (χ1) is 17.2. The quantitative estimate of drug-likeness (QED) is 0.137. The van der Waals surface area contributed by atoms with Gasteiger partial charge < -0.3 is 25.9 Å². The Morgan fingerprint density at radius 2 is 2.31 bits per heavy atom. The number of nitrogen functional groups attached to an aromatic ring is 1. The van der Waals surface area contributed by atoms with Gasteiger partial charge in [0, 0.05) is 29.2 Å². The zero-order valence-electron chi connectivity index (χ0n) is 19.4. The number of hydrogen-bond donors (Lipinski definition) is 4. The number of anilines is 1. The van der Waals surface area contributed by atoms with E-state index in [0.29, 0.717) is 11.0 Å². The molecule has 2 aromatic heterocycles. The smallest absolute Gasteiger partial charge is 0.313 e. The fourth-order valence-corrected chi connectivity index (χ4v) is 6.63. The van der Waals surface area contributed by atoms with E-state index in [2.05, 4.69) is 36.1 Å². The van der Waals surface area contributed by atoms with Crippen LogP contribution in [0.3, 0.4) is 0 Å². The standard InChI is InChI=1S/C20H25N9O5S2/c1-10(12-4-3-5-13(21)23-12)7-34-22-6-14(30)24-15-16(31)29-8-20(18(32)33,9-35-17(15)29)11(2)36-19-25-27-28-26-19/h3-6,10-11,15,17H,7-9H2,1-2H3,(H2,21,23)(H,24,30)(H,32,33)(H,25,26,27,28)/t10?,11?,15?,17-,20?/m1/s1. The molecule has 0 aliphatic carbocycles. The van der Waals surface area contributed by atoms with Gasteiger partial charge in [-0.15, -0.1) is 22.0 Å². The Morgan fingerprint density at radius 1 is 1.50 bits per heavy atom. The lowest BCUT2D eigenvalue weighted by atomic mass is 9.84. The maximum absolute atomic E-state index is 12.8. The molecule has 14 nitrogen and oxygen atoms in total. The molecule has 4 heterocycles. The number of rotatable bonds is 10. The summed E-state index contributed by atoms with van der Waals surface area (Å²) in [5.41, 5.74) is 5.21. The number of carbonyl (C=O) groups excluding carboxylic acids is 2. The second-order valence-electron chi connectivity index (χ2n) is 8.49. The number of aromatic amines is 1. The van der Waals surface area contributed by atoms with Crippen LogP contribution >= 0.6 is 23.5 Å². The molecule has 4 unspecified atom stereocenters. The molecular weight excluding hydrogens is 510 g/mol. The summed E-state index contributed by atoms with van der Waals surface area (Å²) >= 11 is 2.49. The van der Waals surface area contributed by atoms with Crippen LogP contribution in [0, 0.1) is 5.41 Å². The van der Waals surface area contributed by atoms with E-state index < -0.39 is 28.6 Å². The second kappa shape index (κ2) is 10.7. The number of nitrogens with one attached hydrogen (secondary N) is 2. The number of oxime groups is 1. The number of pyridine rings is 1. The number of carbonyl (C=O) groups is 3. The number of fused-ring (bicyclic) bond motifs is 1. The molecule has 5 N–H and O–H groups in total. The third-order valence-electron chi connectivity index (χ3n) is 6.08. The Kier molecular flexibility index (Phi) is 7.63. The van der Waals surface area contributed by atoms with E-state index in [1.165, 1.54) is 28.4 Å². The highest BCUT2D eigenvalue weighted by Gasteiger charge is 2.59. The number of aromatic nitrogens is 5. The Morgan fingerprint density at radius 3 is 3.00 bits per heavy atom. The summed E-state index contributed by atoms with van der Waals surface area (Å²) in [6, 6.07) is 4.53. The first-order valence-electron chi connectivity index (χ1n) is 10.9. The van der Waals surface area contributed by atoms with Crippen LogP contribution in [0.5, 0.6) is 0 Å². The van der Waals surface area contributed by atoms with Crippen LogP contribution in [0.25, 0.3) is 0 Å². The monoisotopic (exact) mass is 535 g/mol. The van der Waals surface area contributed by atoms with Gasteiger partial charge in [0.05, 0.1) is 0 Å². The van der Waals surface area contributed by atoms with Gasteiger partial charge in [0.15, 0.2) is 0 Å². The largest absolute Gasteiger partial charge is 0.481 e. The fraction of sp³-hybridized carbons (Fsp3) is 0.500. The normalized spacial score (nSPS) is 25.1. The number of H-pyrrole nitrogens is 1. The zero-order chi connectivity index (χ0) is 25.9. The van der Waals surface area contributed by atoms with E-state index in [9.17, 15) is 19.5 Å². The molecule has 4 rings (SSSR count).